The van der Waals surface area contributed by atoms with E-state index >= 15 is 0 Å². The van der Waals surface area contributed by atoms with E-state index in [1.54, 1.807) is 6.92 Å². The molecular weight excluding hydrogens is 249 g/mol. The van der Waals surface area contributed by atoms with Crippen LogP contribution in [0.15, 0.2) is 18.5 Å². The number of likely N-dealkylation sites (N-methyl/N-ethyl adjacent to an activating group) is 1. The van der Waals surface area contributed by atoms with Crippen molar-refractivity contribution in [2.45, 2.75) is 12.5 Å². The maximum absolute atomic E-state index is 13.3. The van der Waals surface area contributed by atoms with E-state index in [0.29, 0.717) is 12.1 Å². The second kappa shape index (κ2) is 6.58. The number of methoxy groups -OCH3 is 1. The topological polar surface area (TPSA) is 54.5 Å². The first-order valence-electron chi connectivity index (χ1n) is 5.99. The smallest absolute Gasteiger partial charge is 0.330 e. The normalized spacial score (nSPS) is 14.2. The van der Waals surface area contributed by atoms with Gasteiger partial charge in [-0.3, -0.25) is 10.3 Å². The van der Waals surface area contributed by atoms with Gasteiger partial charge in [0, 0.05) is 24.8 Å². The van der Waals surface area contributed by atoms with Crippen LogP contribution in [0.5, 0.6) is 0 Å². The molecule has 0 aromatic carbocycles. The molecule has 5 nitrogen and oxygen atoms in total. The number of rotatable bonds is 6. The quantitative estimate of drug-likeness (QED) is 0.773. The Morgan fingerprint density at radius 3 is 2.74 bits per heavy atom. The minimum absolute atomic E-state index is 0.443. The van der Waals surface area contributed by atoms with Crippen LogP contribution in [0.4, 0.5) is 4.39 Å². The molecule has 1 unspecified atom stereocenters. The molecule has 0 aliphatic carbocycles. The van der Waals surface area contributed by atoms with E-state index in [1.807, 2.05) is 19.0 Å². The predicted octanol–water partition coefficient (Wildman–Crippen LogP) is 0.760. The molecule has 0 aliphatic heterocycles. The summed E-state index contributed by atoms with van der Waals surface area (Å²) in [7, 11) is 5.17. The summed E-state index contributed by atoms with van der Waals surface area (Å²) in [5.74, 6) is -0.958. The third-order valence-electron chi connectivity index (χ3n) is 2.91. The van der Waals surface area contributed by atoms with Crippen molar-refractivity contribution < 1.29 is 13.9 Å². The molecule has 19 heavy (non-hydrogen) atoms. The van der Waals surface area contributed by atoms with Crippen LogP contribution in [-0.4, -0.2) is 50.1 Å². The Morgan fingerprint density at radius 1 is 1.53 bits per heavy atom. The van der Waals surface area contributed by atoms with Gasteiger partial charge in [-0.05, 0) is 27.1 Å². The number of esters is 1. The molecule has 0 aliphatic rings. The summed E-state index contributed by atoms with van der Waals surface area (Å²) in [6.45, 7) is 2.97. The van der Waals surface area contributed by atoms with Crippen LogP contribution >= 0.6 is 0 Å². The number of pyridine rings is 1. The van der Waals surface area contributed by atoms with Gasteiger partial charge in [-0.15, -0.1) is 0 Å². The number of aromatic nitrogens is 1. The highest BCUT2D eigenvalue weighted by atomic mass is 19.1. The minimum atomic E-state index is -1.11. The number of nitrogens with one attached hydrogen (secondary N) is 1. The highest BCUT2D eigenvalue weighted by Gasteiger charge is 2.36. The summed E-state index contributed by atoms with van der Waals surface area (Å²) in [5, 5.41) is 3.10. The standard InChI is InChI=1S/C13H20FN3O2/c1-13(12(18)19-4,16-5-6-17(2)3)10-7-11(14)9-15-8-10/h7-9,16H,5-6H2,1-4H3. The van der Waals surface area contributed by atoms with Crippen molar-refractivity contribution in [3.63, 3.8) is 0 Å². The molecule has 0 bridgehead atoms. The fraction of sp³-hybridized carbons (Fsp3) is 0.538. The van der Waals surface area contributed by atoms with Gasteiger partial charge in [0.15, 0.2) is 0 Å². The summed E-state index contributed by atoms with van der Waals surface area (Å²) < 4.78 is 18.1. The summed E-state index contributed by atoms with van der Waals surface area (Å²) in [5.41, 5.74) is -0.669. The molecular formula is C13H20FN3O2. The van der Waals surface area contributed by atoms with Gasteiger partial charge in [0.1, 0.15) is 11.4 Å². The monoisotopic (exact) mass is 269 g/mol. The van der Waals surface area contributed by atoms with Gasteiger partial charge in [-0.25, -0.2) is 9.18 Å². The van der Waals surface area contributed by atoms with Gasteiger partial charge in [0.2, 0.25) is 0 Å². The molecule has 0 saturated heterocycles. The van der Waals surface area contributed by atoms with E-state index in [9.17, 15) is 9.18 Å². The molecule has 0 spiro atoms. The molecule has 1 N–H and O–H groups in total. The van der Waals surface area contributed by atoms with E-state index in [2.05, 4.69) is 10.3 Å². The second-order valence-corrected chi connectivity index (χ2v) is 4.74. The molecule has 1 aromatic heterocycles. The van der Waals surface area contributed by atoms with Crippen molar-refractivity contribution in [1.29, 1.82) is 0 Å². The molecule has 0 radical (unpaired) electrons. The molecule has 1 rings (SSSR count). The van der Waals surface area contributed by atoms with Gasteiger partial charge in [-0.2, -0.15) is 0 Å². The zero-order valence-corrected chi connectivity index (χ0v) is 11.7. The van der Waals surface area contributed by atoms with Gasteiger partial charge in [0.05, 0.1) is 13.3 Å². The number of hydrogen-bond donors (Lipinski definition) is 1. The summed E-state index contributed by atoms with van der Waals surface area (Å²) in [6.07, 6.45) is 2.56. The first-order chi connectivity index (χ1) is 8.90. The average Bonchev–Trinajstić information content (AvgIpc) is 2.37. The van der Waals surface area contributed by atoms with Crippen molar-refractivity contribution in [2.24, 2.45) is 0 Å². The van der Waals surface area contributed by atoms with Crippen LogP contribution in [0.1, 0.15) is 12.5 Å². The molecule has 1 atom stereocenters. The summed E-state index contributed by atoms with van der Waals surface area (Å²) in [4.78, 5) is 17.7. The summed E-state index contributed by atoms with van der Waals surface area (Å²) in [6, 6.07) is 1.28. The number of carbonyl (C=O) groups excluding carboxylic acids is 1. The Bertz CT molecular complexity index is 440. The highest BCUT2D eigenvalue weighted by Crippen LogP contribution is 2.22. The van der Waals surface area contributed by atoms with Crippen LogP contribution in [0.2, 0.25) is 0 Å². The van der Waals surface area contributed by atoms with Crippen molar-refractivity contribution >= 4 is 5.97 Å². The Balaban J connectivity index is 2.96. The second-order valence-electron chi connectivity index (χ2n) is 4.74. The van der Waals surface area contributed by atoms with Crippen molar-refractivity contribution in [1.82, 2.24) is 15.2 Å². The number of carbonyl (C=O) groups is 1. The van der Waals surface area contributed by atoms with Crippen molar-refractivity contribution in [3.05, 3.63) is 29.8 Å². The third kappa shape index (κ3) is 3.97. The van der Waals surface area contributed by atoms with Crippen LogP contribution in [0, 0.1) is 5.82 Å². The van der Waals surface area contributed by atoms with Crippen LogP contribution in [-0.2, 0) is 15.1 Å². The number of nitrogens with zero attached hydrogens (tertiary/aromatic N) is 2. The predicted molar refractivity (Wildman–Crippen MR) is 70.1 cm³/mol. The molecule has 1 aromatic rings. The van der Waals surface area contributed by atoms with E-state index in [4.69, 9.17) is 4.74 Å². The first kappa shape index (κ1) is 15.5. The Hall–Kier alpha value is -1.53. The Kier molecular flexibility index (Phi) is 5.38. The van der Waals surface area contributed by atoms with Crippen LogP contribution in [0.25, 0.3) is 0 Å². The molecule has 6 heteroatoms. The molecule has 0 saturated carbocycles. The fourth-order valence-electron chi connectivity index (χ4n) is 1.71. The SMILES string of the molecule is COC(=O)C(C)(NCCN(C)C)c1cncc(F)c1. The van der Waals surface area contributed by atoms with E-state index < -0.39 is 17.3 Å². The number of ether oxygens (including phenoxy) is 1. The maximum atomic E-state index is 13.3. The van der Waals surface area contributed by atoms with E-state index in [0.717, 1.165) is 12.7 Å². The van der Waals surface area contributed by atoms with E-state index in [1.165, 1.54) is 19.4 Å². The highest BCUT2D eigenvalue weighted by molar-refractivity contribution is 5.81. The third-order valence-corrected chi connectivity index (χ3v) is 2.91. The Labute approximate surface area is 112 Å². The van der Waals surface area contributed by atoms with Gasteiger partial charge < -0.3 is 9.64 Å². The van der Waals surface area contributed by atoms with Crippen molar-refractivity contribution in [3.8, 4) is 0 Å². The molecule has 0 fully saturated rings. The largest absolute Gasteiger partial charge is 0.467 e. The molecule has 0 amide bonds. The van der Waals surface area contributed by atoms with Gasteiger partial charge in [-0.1, -0.05) is 0 Å². The zero-order chi connectivity index (χ0) is 14.5. The number of hydrogen-bond acceptors (Lipinski definition) is 5. The van der Waals surface area contributed by atoms with Crippen molar-refractivity contribution in [2.75, 3.05) is 34.3 Å². The first-order valence-corrected chi connectivity index (χ1v) is 5.99. The maximum Gasteiger partial charge on any atom is 0.330 e. The summed E-state index contributed by atoms with van der Waals surface area (Å²) >= 11 is 0. The zero-order valence-electron chi connectivity index (χ0n) is 11.7. The molecule has 1 heterocycles. The fourth-order valence-corrected chi connectivity index (χ4v) is 1.71. The van der Waals surface area contributed by atoms with Gasteiger partial charge >= 0.3 is 5.97 Å². The lowest BCUT2D eigenvalue weighted by Gasteiger charge is -2.29. The van der Waals surface area contributed by atoms with Crippen LogP contribution in [0.3, 0.4) is 0 Å². The lowest BCUT2D eigenvalue weighted by Crippen LogP contribution is -2.49. The lowest BCUT2D eigenvalue weighted by atomic mass is 9.93. The average molecular weight is 269 g/mol. The molecule has 106 valence electrons. The van der Waals surface area contributed by atoms with Crippen LogP contribution < -0.4 is 5.32 Å². The van der Waals surface area contributed by atoms with E-state index in [-0.39, 0.29) is 0 Å². The minimum Gasteiger partial charge on any atom is -0.467 e. The lowest BCUT2D eigenvalue weighted by molar-refractivity contribution is -0.148. The Morgan fingerprint density at radius 2 is 2.21 bits per heavy atom. The number of halogens is 1. The van der Waals surface area contributed by atoms with Gasteiger partial charge in [0.25, 0.3) is 0 Å².